The van der Waals surface area contributed by atoms with Crippen LogP contribution < -0.4 is 10.3 Å². The minimum atomic E-state index is -1.13. The monoisotopic (exact) mass is 583 g/mol. The highest BCUT2D eigenvalue weighted by Crippen LogP contribution is 2.30. The van der Waals surface area contributed by atoms with Gasteiger partial charge in [0.2, 0.25) is 0 Å². The van der Waals surface area contributed by atoms with Gasteiger partial charge < -0.3 is 9.84 Å². The zero-order chi connectivity index (χ0) is 27.9. The summed E-state index contributed by atoms with van der Waals surface area (Å²) >= 11 is 3.34. The average Bonchev–Trinajstić information content (AvgIpc) is 2.85. The second kappa shape index (κ2) is 10.4. The molecule has 0 fully saturated rings. The number of hydrogen-bond acceptors (Lipinski definition) is 5. The summed E-state index contributed by atoms with van der Waals surface area (Å²) in [5.74, 6) is -1.06. The molecule has 0 saturated carbocycles. The molecule has 0 bridgehead atoms. The number of halogens is 3. The van der Waals surface area contributed by atoms with Crippen molar-refractivity contribution in [3.63, 3.8) is 0 Å². The van der Waals surface area contributed by atoms with Crippen LogP contribution >= 0.6 is 15.9 Å². The summed E-state index contributed by atoms with van der Waals surface area (Å²) in [6.07, 6.45) is 1.67. The summed E-state index contributed by atoms with van der Waals surface area (Å²) in [4.78, 5) is 22.7. The van der Waals surface area contributed by atoms with Crippen molar-refractivity contribution in [2.45, 2.75) is 53.8 Å². The van der Waals surface area contributed by atoms with Gasteiger partial charge in [0.15, 0.2) is 0 Å². The Labute approximate surface area is 228 Å². The number of pyridine rings is 3. The summed E-state index contributed by atoms with van der Waals surface area (Å²) in [6, 6.07) is 9.63. The lowest BCUT2D eigenvalue weighted by Crippen LogP contribution is -2.23. The van der Waals surface area contributed by atoms with Crippen LogP contribution in [0.1, 0.15) is 47.5 Å². The molecule has 9 heteroatoms. The number of hydrogen-bond donors (Lipinski definition) is 1. The van der Waals surface area contributed by atoms with Gasteiger partial charge in [0.1, 0.15) is 34.1 Å². The molecule has 1 aromatic carbocycles. The topological polar surface area (TPSA) is 77.2 Å². The van der Waals surface area contributed by atoms with E-state index >= 15 is 0 Å². The molecule has 198 valence electrons. The largest absolute Gasteiger partial charge is 0.487 e. The average molecular weight is 584 g/mol. The molecule has 6 nitrogen and oxygen atoms in total. The van der Waals surface area contributed by atoms with Crippen molar-refractivity contribution in [3.05, 3.63) is 103 Å². The van der Waals surface area contributed by atoms with Crippen LogP contribution in [0.15, 0.2) is 51.9 Å². The summed E-state index contributed by atoms with van der Waals surface area (Å²) in [7, 11) is 0. The van der Waals surface area contributed by atoms with Gasteiger partial charge in [0, 0.05) is 29.1 Å². The van der Waals surface area contributed by atoms with Crippen molar-refractivity contribution in [2.75, 3.05) is 0 Å². The van der Waals surface area contributed by atoms with E-state index in [4.69, 9.17) is 4.74 Å². The van der Waals surface area contributed by atoms with Crippen molar-refractivity contribution >= 4 is 15.9 Å². The van der Waals surface area contributed by atoms with E-state index in [9.17, 15) is 18.7 Å². The molecule has 0 spiro atoms. The van der Waals surface area contributed by atoms with Crippen molar-refractivity contribution in [1.82, 2.24) is 14.5 Å². The Morgan fingerprint density at radius 1 is 1.05 bits per heavy atom. The molecule has 38 heavy (non-hydrogen) atoms. The van der Waals surface area contributed by atoms with Crippen LogP contribution in [0.4, 0.5) is 8.78 Å². The molecule has 0 aliphatic heterocycles. The Bertz CT molecular complexity index is 1610. The van der Waals surface area contributed by atoms with Gasteiger partial charge in [-0.25, -0.2) is 13.8 Å². The van der Waals surface area contributed by atoms with E-state index in [0.29, 0.717) is 28.5 Å². The SMILES string of the molecule is Cc1cnc(-c2nc(C(C)(C)O)ccc2C)cc1-n1c(C)cc(OCc2ccc(F)c(C)c2F)c(Br)c1=O. The van der Waals surface area contributed by atoms with E-state index in [1.165, 1.54) is 23.6 Å². The van der Waals surface area contributed by atoms with Gasteiger partial charge >= 0.3 is 0 Å². The minimum Gasteiger partial charge on any atom is -0.487 e. The smallest absolute Gasteiger partial charge is 0.273 e. The highest BCUT2D eigenvalue weighted by molar-refractivity contribution is 9.10. The van der Waals surface area contributed by atoms with Crippen molar-refractivity contribution < 1.29 is 18.6 Å². The fourth-order valence-electron chi connectivity index (χ4n) is 4.08. The van der Waals surface area contributed by atoms with Crippen molar-refractivity contribution in [1.29, 1.82) is 0 Å². The minimum absolute atomic E-state index is 0.0847. The zero-order valence-corrected chi connectivity index (χ0v) is 23.6. The van der Waals surface area contributed by atoms with Gasteiger partial charge in [-0.2, -0.15) is 0 Å². The number of ether oxygens (including phenoxy) is 1. The standard InChI is InChI=1S/C29H28BrF2N3O3/c1-15-7-10-24(29(5,6)37)34-27(15)21-12-22(16(2)13-33-21)35-17(3)11-23(25(30)28(35)36)38-14-19-8-9-20(31)18(4)26(19)32/h7-13,37H,14H2,1-6H3. The summed E-state index contributed by atoms with van der Waals surface area (Å²) in [5.41, 5.74) is 3.10. The first kappa shape index (κ1) is 27.6. The lowest BCUT2D eigenvalue weighted by Gasteiger charge is -2.19. The van der Waals surface area contributed by atoms with Crippen LogP contribution in [0, 0.1) is 39.3 Å². The van der Waals surface area contributed by atoms with E-state index in [1.54, 1.807) is 45.2 Å². The van der Waals surface area contributed by atoms with Crippen LogP contribution in [0.5, 0.6) is 5.75 Å². The molecule has 3 aromatic heterocycles. The third kappa shape index (κ3) is 5.26. The molecule has 0 unspecified atom stereocenters. The van der Waals surface area contributed by atoms with E-state index in [-0.39, 0.29) is 33.5 Å². The van der Waals surface area contributed by atoms with Gasteiger partial charge in [-0.15, -0.1) is 0 Å². The third-order valence-electron chi connectivity index (χ3n) is 6.37. The Hall–Kier alpha value is -3.43. The lowest BCUT2D eigenvalue weighted by molar-refractivity contribution is 0.0739. The van der Waals surface area contributed by atoms with Crippen LogP contribution in [0.2, 0.25) is 0 Å². The van der Waals surface area contributed by atoms with Gasteiger partial charge in [0.25, 0.3) is 5.56 Å². The number of benzene rings is 1. The zero-order valence-electron chi connectivity index (χ0n) is 22.0. The predicted octanol–water partition coefficient (Wildman–Crippen LogP) is 6.38. The van der Waals surface area contributed by atoms with Gasteiger partial charge in [0.05, 0.1) is 22.8 Å². The Morgan fingerprint density at radius 2 is 1.76 bits per heavy atom. The Morgan fingerprint density at radius 3 is 2.45 bits per heavy atom. The predicted molar refractivity (Wildman–Crippen MR) is 146 cm³/mol. The van der Waals surface area contributed by atoms with Crippen LogP contribution in [-0.4, -0.2) is 19.6 Å². The first-order valence-electron chi connectivity index (χ1n) is 12.0. The van der Waals surface area contributed by atoms with E-state index in [2.05, 4.69) is 25.9 Å². The quantitative estimate of drug-likeness (QED) is 0.285. The number of aliphatic hydroxyl groups is 1. The van der Waals surface area contributed by atoms with E-state index in [0.717, 1.165) is 11.1 Å². The lowest BCUT2D eigenvalue weighted by atomic mass is 10.0. The third-order valence-corrected chi connectivity index (χ3v) is 7.10. The van der Waals surface area contributed by atoms with Gasteiger partial charge in [-0.05, 0) is 92.9 Å². The first-order chi connectivity index (χ1) is 17.8. The van der Waals surface area contributed by atoms with Gasteiger partial charge in [-0.1, -0.05) is 6.07 Å². The molecule has 4 rings (SSSR count). The summed E-state index contributed by atoms with van der Waals surface area (Å²) in [5, 5.41) is 10.4. The summed E-state index contributed by atoms with van der Waals surface area (Å²) in [6.45, 7) is 10.0. The first-order valence-corrected chi connectivity index (χ1v) is 12.7. The molecular weight excluding hydrogens is 556 g/mol. The number of nitrogens with zero attached hydrogens (tertiary/aromatic N) is 3. The van der Waals surface area contributed by atoms with Crippen molar-refractivity contribution in [2.24, 2.45) is 0 Å². The number of rotatable bonds is 6. The summed E-state index contributed by atoms with van der Waals surface area (Å²) < 4.78 is 35.5. The Balaban J connectivity index is 1.75. The van der Waals surface area contributed by atoms with Gasteiger partial charge in [-0.3, -0.25) is 14.3 Å². The molecule has 0 radical (unpaired) electrons. The highest BCUT2D eigenvalue weighted by atomic mass is 79.9. The number of aryl methyl sites for hydroxylation is 3. The van der Waals surface area contributed by atoms with Crippen molar-refractivity contribution in [3.8, 4) is 22.8 Å². The second-order valence-corrected chi connectivity index (χ2v) is 10.6. The van der Waals surface area contributed by atoms with Crippen LogP contribution in [0.25, 0.3) is 17.1 Å². The maximum absolute atomic E-state index is 14.4. The molecule has 1 N–H and O–H groups in total. The molecule has 0 aliphatic rings. The highest BCUT2D eigenvalue weighted by Gasteiger charge is 2.21. The number of aromatic nitrogens is 3. The molecule has 0 atom stereocenters. The maximum atomic E-state index is 14.4. The van der Waals surface area contributed by atoms with Crippen LogP contribution in [0.3, 0.4) is 0 Å². The van der Waals surface area contributed by atoms with E-state index in [1.807, 2.05) is 19.9 Å². The molecule has 0 saturated heterocycles. The fourth-order valence-corrected chi connectivity index (χ4v) is 4.49. The maximum Gasteiger partial charge on any atom is 0.273 e. The van der Waals surface area contributed by atoms with Crippen LogP contribution in [-0.2, 0) is 12.2 Å². The molecule has 4 aromatic rings. The molecule has 0 aliphatic carbocycles. The second-order valence-electron chi connectivity index (χ2n) is 9.82. The molecule has 3 heterocycles. The van der Waals surface area contributed by atoms with E-state index < -0.39 is 17.2 Å². The molecule has 0 amide bonds. The fraction of sp³-hybridized carbons (Fsp3) is 0.276. The Kier molecular flexibility index (Phi) is 7.54. The molecular formula is C29H28BrF2N3O3. The normalized spacial score (nSPS) is 11.6.